The quantitative estimate of drug-likeness (QED) is 0.735. The smallest absolute Gasteiger partial charge is 0.239 e. The van der Waals surface area contributed by atoms with Gasteiger partial charge < -0.3 is 5.11 Å². The lowest BCUT2D eigenvalue weighted by Gasteiger charge is -2.04. The first kappa shape index (κ1) is 11.7. The summed E-state index contributed by atoms with van der Waals surface area (Å²) in [5.41, 5.74) is 0.266. The van der Waals surface area contributed by atoms with Crippen LogP contribution in [0.15, 0.2) is 29.2 Å². The van der Waals surface area contributed by atoms with Crippen molar-refractivity contribution >= 4 is 15.7 Å². The summed E-state index contributed by atoms with van der Waals surface area (Å²) in [5.74, 6) is 0. The fraction of sp³-hybridized carbons (Fsp3) is 0.222. The second-order valence-corrected chi connectivity index (χ2v) is 4.50. The van der Waals surface area contributed by atoms with Crippen molar-refractivity contribution in [3.8, 4) is 0 Å². The Bertz CT molecular complexity index is 476. The highest BCUT2D eigenvalue weighted by Crippen LogP contribution is 2.17. The van der Waals surface area contributed by atoms with E-state index in [1.165, 1.54) is 24.3 Å². The van der Waals surface area contributed by atoms with Crippen LogP contribution in [0.5, 0.6) is 0 Å². The maximum Gasteiger partial charge on any atom is 0.239 e. The van der Waals surface area contributed by atoms with E-state index in [4.69, 9.17) is 11.7 Å². The number of hydrogen-bond acceptors (Lipinski definition) is 3. The maximum absolute atomic E-state index is 11.5. The SMILES string of the molecule is [C-]#[N+]c1cccc(S(=O)(=O)NCCO)c1. The van der Waals surface area contributed by atoms with Crippen LogP contribution >= 0.6 is 0 Å². The summed E-state index contributed by atoms with van der Waals surface area (Å²) in [7, 11) is -3.61. The minimum absolute atomic E-state index is 0.0319. The zero-order chi connectivity index (χ0) is 11.3. The summed E-state index contributed by atoms with van der Waals surface area (Å²) in [6.07, 6.45) is 0. The van der Waals surface area contributed by atoms with Gasteiger partial charge in [-0.15, -0.1) is 0 Å². The molecule has 0 aromatic heterocycles. The van der Waals surface area contributed by atoms with E-state index in [-0.39, 0.29) is 23.7 Å². The number of nitrogens with one attached hydrogen (secondary N) is 1. The number of sulfonamides is 1. The highest BCUT2D eigenvalue weighted by Gasteiger charge is 2.12. The molecule has 2 N–H and O–H groups in total. The van der Waals surface area contributed by atoms with Gasteiger partial charge in [-0.25, -0.2) is 18.0 Å². The topological polar surface area (TPSA) is 70.8 Å². The van der Waals surface area contributed by atoms with Gasteiger partial charge in [0.05, 0.1) is 18.1 Å². The molecule has 1 rings (SSSR count). The Labute approximate surface area is 88.2 Å². The Hall–Kier alpha value is -1.42. The third-order valence-corrected chi connectivity index (χ3v) is 3.12. The third kappa shape index (κ3) is 3.02. The average molecular weight is 226 g/mol. The Morgan fingerprint density at radius 1 is 1.47 bits per heavy atom. The first-order valence-electron chi connectivity index (χ1n) is 4.18. The molecule has 0 amide bonds. The third-order valence-electron chi connectivity index (χ3n) is 1.66. The van der Waals surface area contributed by atoms with Gasteiger partial charge in [-0.05, 0) is 12.1 Å². The van der Waals surface area contributed by atoms with Crippen LogP contribution in [-0.4, -0.2) is 26.7 Å². The molecule has 0 saturated carbocycles. The number of rotatable bonds is 4. The number of aliphatic hydroxyl groups is 1. The predicted molar refractivity (Wildman–Crippen MR) is 55.0 cm³/mol. The van der Waals surface area contributed by atoms with Crippen LogP contribution in [0.25, 0.3) is 4.85 Å². The molecule has 1 aromatic carbocycles. The summed E-state index contributed by atoms with van der Waals surface area (Å²) >= 11 is 0. The largest absolute Gasteiger partial charge is 0.395 e. The summed E-state index contributed by atoms with van der Waals surface area (Å²) < 4.78 is 25.3. The number of benzene rings is 1. The predicted octanol–water partition coefficient (Wildman–Crippen LogP) is 0.508. The molecule has 0 fully saturated rings. The van der Waals surface area contributed by atoms with Crippen LogP contribution in [-0.2, 0) is 10.0 Å². The molecule has 6 heteroatoms. The molecule has 0 bridgehead atoms. The number of nitrogens with zero attached hydrogens (tertiary/aromatic N) is 1. The molecule has 0 radical (unpaired) electrons. The van der Waals surface area contributed by atoms with E-state index in [0.717, 1.165) is 0 Å². The lowest BCUT2D eigenvalue weighted by atomic mass is 10.3. The van der Waals surface area contributed by atoms with Crippen molar-refractivity contribution in [3.63, 3.8) is 0 Å². The second kappa shape index (κ2) is 4.89. The van der Waals surface area contributed by atoms with Gasteiger partial charge in [0.2, 0.25) is 10.0 Å². The van der Waals surface area contributed by atoms with Crippen LogP contribution in [0.1, 0.15) is 0 Å². The molecule has 0 spiro atoms. The van der Waals surface area contributed by atoms with Crippen LogP contribution < -0.4 is 4.72 Å². The first-order chi connectivity index (χ1) is 7.10. The van der Waals surface area contributed by atoms with E-state index in [1.54, 1.807) is 0 Å². The molecule has 0 atom stereocenters. The second-order valence-electron chi connectivity index (χ2n) is 2.73. The van der Waals surface area contributed by atoms with Crippen LogP contribution in [0.2, 0.25) is 0 Å². The summed E-state index contributed by atoms with van der Waals surface area (Å²) in [4.78, 5) is 3.17. The van der Waals surface area contributed by atoms with Gasteiger partial charge in [0.15, 0.2) is 5.69 Å². The van der Waals surface area contributed by atoms with Gasteiger partial charge in [0.1, 0.15) is 0 Å². The molecule has 0 heterocycles. The fourth-order valence-electron chi connectivity index (χ4n) is 0.984. The van der Waals surface area contributed by atoms with E-state index in [2.05, 4.69) is 9.57 Å². The standard InChI is InChI=1S/C9H10N2O3S/c1-10-8-3-2-4-9(7-8)15(13,14)11-5-6-12/h2-4,7,11-12H,5-6H2. The lowest BCUT2D eigenvalue weighted by molar-refractivity contribution is 0.301. The molecule has 0 unspecified atom stereocenters. The summed E-state index contributed by atoms with van der Waals surface area (Å²) in [6.45, 7) is 6.45. The van der Waals surface area contributed by atoms with E-state index >= 15 is 0 Å². The van der Waals surface area contributed by atoms with Crippen molar-refractivity contribution in [2.75, 3.05) is 13.2 Å². The van der Waals surface area contributed by atoms with Crippen LogP contribution in [0.4, 0.5) is 5.69 Å². The zero-order valence-corrected chi connectivity index (χ0v) is 8.66. The van der Waals surface area contributed by atoms with Gasteiger partial charge in [0, 0.05) is 6.54 Å². The Morgan fingerprint density at radius 3 is 2.80 bits per heavy atom. The van der Waals surface area contributed by atoms with E-state index in [0.29, 0.717) is 0 Å². The highest BCUT2D eigenvalue weighted by molar-refractivity contribution is 7.89. The average Bonchev–Trinajstić information content (AvgIpc) is 2.26. The Kier molecular flexibility index (Phi) is 3.80. The summed E-state index contributed by atoms with van der Waals surface area (Å²) in [5, 5.41) is 8.50. The first-order valence-corrected chi connectivity index (χ1v) is 5.66. The fourth-order valence-corrected chi connectivity index (χ4v) is 2.04. The molecule has 0 aliphatic heterocycles. The van der Waals surface area contributed by atoms with Crippen molar-refractivity contribution in [1.82, 2.24) is 4.72 Å². The van der Waals surface area contributed by atoms with Gasteiger partial charge >= 0.3 is 0 Å². The summed E-state index contributed by atoms with van der Waals surface area (Å²) in [6, 6.07) is 5.71. The Morgan fingerprint density at radius 2 is 2.20 bits per heavy atom. The Balaban J connectivity index is 3.01. The van der Waals surface area contributed by atoms with Gasteiger partial charge in [-0.1, -0.05) is 12.1 Å². The van der Waals surface area contributed by atoms with Crippen molar-refractivity contribution < 1.29 is 13.5 Å². The maximum atomic E-state index is 11.5. The molecule has 0 aliphatic rings. The van der Waals surface area contributed by atoms with Gasteiger partial charge in [0.25, 0.3) is 0 Å². The molecular weight excluding hydrogens is 216 g/mol. The minimum atomic E-state index is -3.61. The monoisotopic (exact) mass is 226 g/mol. The molecule has 15 heavy (non-hydrogen) atoms. The molecule has 80 valence electrons. The molecule has 1 aromatic rings. The normalized spacial score (nSPS) is 10.9. The molecular formula is C9H10N2O3S. The lowest BCUT2D eigenvalue weighted by Crippen LogP contribution is -2.26. The minimum Gasteiger partial charge on any atom is -0.395 e. The number of aliphatic hydroxyl groups excluding tert-OH is 1. The number of hydrogen-bond donors (Lipinski definition) is 2. The van der Waals surface area contributed by atoms with Crippen molar-refractivity contribution in [3.05, 3.63) is 35.7 Å². The highest BCUT2D eigenvalue weighted by atomic mass is 32.2. The van der Waals surface area contributed by atoms with Crippen molar-refractivity contribution in [2.45, 2.75) is 4.90 Å². The molecule has 0 saturated heterocycles. The van der Waals surface area contributed by atoms with E-state index in [9.17, 15) is 8.42 Å². The van der Waals surface area contributed by atoms with Crippen molar-refractivity contribution in [1.29, 1.82) is 0 Å². The van der Waals surface area contributed by atoms with Crippen LogP contribution in [0.3, 0.4) is 0 Å². The van der Waals surface area contributed by atoms with Crippen LogP contribution in [0, 0.1) is 6.57 Å². The molecule has 5 nitrogen and oxygen atoms in total. The zero-order valence-electron chi connectivity index (χ0n) is 7.84. The van der Waals surface area contributed by atoms with E-state index in [1.807, 2.05) is 0 Å². The van der Waals surface area contributed by atoms with E-state index < -0.39 is 10.0 Å². The van der Waals surface area contributed by atoms with Gasteiger partial charge in [-0.3, -0.25) is 0 Å². The van der Waals surface area contributed by atoms with Gasteiger partial charge in [-0.2, -0.15) is 0 Å². The van der Waals surface area contributed by atoms with Crippen molar-refractivity contribution in [2.24, 2.45) is 0 Å². The molecule has 0 aliphatic carbocycles.